The molecule has 1 unspecified atom stereocenters. The van der Waals surface area contributed by atoms with Gasteiger partial charge in [0.05, 0.1) is 11.8 Å². The zero-order valence-electron chi connectivity index (χ0n) is 11.3. The number of nitrogen functional groups attached to an aromatic ring is 1. The van der Waals surface area contributed by atoms with Gasteiger partial charge in [0.1, 0.15) is 9.71 Å². The van der Waals surface area contributed by atoms with Crippen molar-refractivity contribution >= 4 is 33.1 Å². The van der Waals surface area contributed by atoms with Gasteiger partial charge in [-0.25, -0.2) is 4.98 Å². The van der Waals surface area contributed by atoms with Gasteiger partial charge in [-0.15, -0.1) is 11.3 Å². The number of rotatable bonds is 1. The van der Waals surface area contributed by atoms with Crippen LogP contribution in [0.4, 0.5) is 5.69 Å². The number of anilines is 1. The van der Waals surface area contributed by atoms with Crippen molar-refractivity contribution in [2.75, 3.05) is 18.8 Å². The molecule has 1 aliphatic heterocycles. The van der Waals surface area contributed by atoms with Gasteiger partial charge in [-0.2, -0.15) is 0 Å². The molecule has 0 saturated carbocycles. The molecule has 0 bridgehead atoms. The van der Waals surface area contributed by atoms with Crippen molar-refractivity contribution in [3.8, 4) is 0 Å². The molecule has 0 aromatic carbocycles. The van der Waals surface area contributed by atoms with E-state index in [0.717, 1.165) is 28.8 Å². The third-order valence-electron chi connectivity index (χ3n) is 3.61. The molecule has 1 amide bonds. The number of nitrogens with zero attached hydrogens (tertiary/aromatic N) is 2. The van der Waals surface area contributed by atoms with Crippen molar-refractivity contribution in [2.24, 2.45) is 0 Å². The number of fused-ring (bicyclic) bond motifs is 1. The monoisotopic (exact) mass is 291 g/mol. The molecule has 1 atom stereocenters. The number of pyridine rings is 1. The van der Waals surface area contributed by atoms with Gasteiger partial charge in [0.2, 0.25) is 0 Å². The number of aryl methyl sites for hydroxylation is 1. The fourth-order valence-electron chi connectivity index (χ4n) is 2.53. The summed E-state index contributed by atoms with van der Waals surface area (Å²) in [6.45, 7) is 2.98. The maximum absolute atomic E-state index is 12.5. The number of β-amino-alcohol motifs (C(OH)–C–C–N with tert-alkyl or cyclic N) is 1. The van der Waals surface area contributed by atoms with Crippen LogP contribution in [0.3, 0.4) is 0 Å². The molecule has 2 aromatic rings. The first-order valence-electron chi connectivity index (χ1n) is 6.69. The Labute approximate surface area is 121 Å². The second-order valence-electron chi connectivity index (χ2n) is 5.20. The minimum absolute atomic E-state index is 0.0955. The zero-order valence-corrected chi connectivity index (χ0v) is 12.1. The number of likely N-dealkylation sites (tertiary alicyclic amines) is 1. The number of aromatic nitrogens is 1. The fraction of sp³-hybridized carbons (Fsp3) is 0.429. The van der Waals surface area contributed by atoms with E-state index in [1.165, 1.54) is 11.3 Å². The molecular weight excluding hydrogens is 274 g/mol. The Kier molecular flexibility index (Phi) is 3.35. The number of aliphatic hydroxyl groups is 1. The number of carbonyl (C=O) groups excluding carboxylic acids is 1. The number of aliphatic hydroxyl groups excluding tert-OH is 1. The molecule has 106 valence electrons. The van der Waals surface area contributed by atoms with Crippen LogP contribution < -0.4 is 5.73 Å². The van der Waals surface area contributed by atoms with Crippen molar-refractivity contribution in [1.29, 1.82) is 0 Å². The summed E-state index contributed by atoms with van der Waals surface area (Å²) in [6, 6.07) is 3.80. The number of hydrogen-bond acceptors (Lipinski definition) is 5. The highest BCUT2D eigenvalue weighted by Gasteiger charge is 2.26. The molecule has 1 aliphatic rings. The molecule has 0 radical (unpaired) electrons. The smallest absolute Gasteiger partial charge is 0.266 e. The number of thiophene rings is 1. The molecule has 3 heterocycles. The summed E-state index contributed by atoms with van der Waals surface area (Å²) in [6.07, 6.45) is 1.16. The highest BCUT2D eigenvalue weighted by Crippen LogP contribution is 2.33. The third-order valence-corrected chi connectivity index (χ3v) is 4.71. The molecule has 6 heteroatoms. The Balaban J connectivity index is 1.97. The molecule has 20 heavy (non-hydrogen) atoms. The second-order valence-corrected chi connectivity index (χ2v) is 6.20. The topological polar surface area (TPSA) is 79.5 Å². The summed E-state index contributed by atoms with van der Waals surface area (Å²) >= 11 is 1.33. The summed E-state index contributed by atoms with van der Waals surface area (Å²) in [5.41, 5.74) is 7.50. The highest BCUT2D eigenvalue weighted by molar-refractivity contribution is 7.21. The first-order chi connectivity index (χ1) is 9.56. The Bertz CT molecular complexity index is 668. The van der Waals surface area contributed by atoms with Crippen LogP contribution in [0.15, 0.2) is 12.1 Å². The predicted octanol–water partition coefficient (Wildman–Crippen LogP) is 1.78. The van der Waals surface area contributed by atoms with Crippen molar-refractivity contribution < 1.29 is 9.90 Å². The SMILES string of the molecule is Cc1ccc2c(N)c(C(=O)N3CCCC(O)C3)sc2n1. The lowest BCUT2D eigenvalue weighted by molar-refractivity contribution is 0.0478. The van der Waals surface area contributed by atoms with E-state index < -0.39 is 6.10 Å². The van der Waals surface area contributed by atoms with Gasteiger partial charge >= 0.3 is 0 Å². The zero-order chi connectivity index (χ0) is 14.3. The number of amides is 1. The van der Waals surface area contributed by atoms with Crippen LogP contribution in [0.1, 0.15) is 28.2 Å². The van der Waals surface area contributed by atoms with Crippen molar-refractivity contribution in [3.05, 3.63) is 22.7 Å². The van der Waals surface area contributed by atoms with Crippen molar-refractivity contribution in [2.45, 2.75) is 25.9 Å². The molecule has 0 spiro atoms. The Morgan fingerprint density at radius 2 is 2.35 bits per heavy atom. The largest absolute Gasteiger partial charge is 0.397 e. The van der Waals surface area contributed by atoms with Gasteiger partial charge in [-0.3, -0.25) is 4.79 Å². The lowest BCUT2D eigenvalue weighted by Gasteiger charge is -2.29. The minimum atomic E-state index is -0.427. The predicted molar refractivity (Wildman–Crippen MR) is 79.9 cm³/mol. The molecule has 2 aromatic heterocycles. The quantitative estimate of drug-likeness (QED) is 0.839. The summed E-state index contributed by atoms with van der Waals surface area (Å²) in [5.74, 6) is -0.0955. The van der Waals surface area contributed by atoms with Crippen molar-refractivity contribution in [3.63, 3.8) is 0 Å². The van der Waals surface area contributed by atoms with Crippen LogP contribution in [-0.2, 0) is 0 Å². The summed E-state index contributed by atoms with van der Waals surface area (Å²) < 4.78 is 0. The van der Waals surface area contributed by atoms with E-state index in [1.54, 1.807) is 4.90 Å². The summed E-state index contributed by atoms with van der Waals surface area (Å²) in [5, 5.41) is 10.5. The average Bonchev–Trinajstić information content (AvgIpc) is 2.74. The highest BCUT2D eigenvalue weighted by atomic mass is 32.1. The average molecular weight is 291 g/mol. The molecule has 1 fully saturated rings. The Hall–Kier alpha value is -1.66. The lowest BCUT2D eigenvalue weighted by atomic mass is 10.1. The Morgan fingerprint density at radius 1 is 1.55 bits per heavy atom. The maximum Gasteiger partial charge on any atom is 0.266 e. The third kappa shape index (κ3) is 2.25. The molecule has 0 aliphatic carbocycles. The van der Waals surface area contributed by atoms with Crippen LogP contribution >= 0.6 is 11.3 Å². The first kappa shape index (κ1) is 13.3. The lowest BCUT2D eigenvalue weighted by Crippen LogP contribution is -2.42. The summed E-state index contributed by atoms with van der Waals surface area (Å²) in [4.78, 5) is 20.0. The van der Waals surface area contributed by atoms with Gasteiger partial charge in [0.15, 0.2) is 0 Å². The number of piperidine rings is 1. The van der Waals surface area contributed by atoms with Crippen LogP contribution in [0.25, 0.3) is 10.2 Å². The molecule has 3 N–H and O–H groups in total. The number of hydrogen-bond donors (Lipinski definition) is 2. The van der Waals surface area contributed by atoms with E-state index in [1.807, 2.05) is 19.1 Å². The van der Waals surface area contributed by atoms with E-state index in [4.69, 9.17) is 5.73 Å². The number of nitrogens with two attached hydrogens (primary N) is 1. The fourth-order valence-corrected chi connectivity index (χ4v) is 3.64. The molecule has 3 rings (SSSR count). The van der Waals surface area contributed by atoms with E-state index in [9.17, 15) is 9.90 Å². The minimum Gasteiger partial charge on any atom is -0.397 e. The Morgan fingerprint density at radius 3 is 3.10 bits per heavy atom. The van der Waals surface area contributed by atoms with Crippen LogP contribution in [0, 0.1) is 6.92 Å². The van der Waals surface area contributed by atoms with Gasteiger partial charge in [-0.05, 0) is 31.9 Å². The van der Waals surface area contributed by atoms with E-state index in [2.05, 4.69) is 4.98 Å². The van der Waals surface area contributed by atoms with Gasteiger partial charge in [0, 0.05) is 24.2 Å². The van der Waals surface area contributed by atoms with Crippen LogP contribution in [-0.4, -0.2) is 40.1 Å². The van der Waals surface area contributed by atoms with Gasteiger partial charge in [0.25, 0.3) is 5.91 Å². The molecule has 1 saturated heterocycles. The number of carbonyl (C=O) groups is 1. The van der Waals surface area contributed by atoms with Gasteiger partial charge < -0.3 is 15.7 Å². The van der Waals surface area contributed by atoms with Crippen LogP contribution in [0.5, 0.6) is 0 Å². The molecule has 5 nitrogen and oxygen atoms in total. The van der Waals surface area contributed by atoms with E-state index >= 15 is 0 Å². The summed E-state index contributed by atoms with van der Waals surface area (Å²) in [7, 11) is 0. The first-order valence-corrected chi connectivity index (χ1v) is 7.51. The van der Waals surface area contributed by atoms with Gasteiger partial charge in [-0.1, -0.05) is 0 Å². The van der Waals surface area contributed by atoms with Crippen molar-refractivity contribution in [1.82, 2.24) is 9.88 Å². The maximum atomic E-state index is 12.5. The molecular formula is C14H17N3O2S. The van der Waals surface area contributed by atoms with Crippen LogP contribution in [0.2, 0.25) is 0 Å². The van der Waals surface area contributed by atoms with E-state index in [0.29, 0.717) is 23.7 Å². The second kappa shape index (κ2) is 5.03. The normalized spacial score (nSPS) is 19.5. The standard InChI is InChI=1S/C14H17N3O2S/c1-8-4-5-10-11(15)12(20-13(10)16-8)14(19)17-6-2-3-9(18)7-17/h4-5,9,18H,2-3,6-7,15H2,1H3. The van der Waals surface area contributed by atoms with E-state index in [-0.39, 0.29) is 5.91 Å².